The van der Waals surface area contributed by atoms with Crippen molar-refractivity contribution in [2.45, 2.75) is 50.4 Å². The lowest BCUT2D eigenvalue weighted by Crippen LogP contribution is -2.18. The first-order chi connectivity index (χ1) is 20.3. The van der Waals surface area contributed by atoms with E-state index in [0.29, 0.717) is 21.7 Å². The van der Waals surface area contributed by atoms with Crippen LogP contribution in [0.25, 0.3) is 0 Å². The molecule has 0 bridgehead atoms. The molecule has 14 heteroatoms. The van der Waals surface area contributed by atoms with Gasteiger partial charge in [-0.1, -0.05) is 29.1 Å². The van der Waals surface area contributed by atoms with Crippen molar-refractivity contribution < 1.29 is 9.59 Å². The van der Waals surface area contributed by atoms with Crippen LogP contribution in [0.15, 0.2) is 36.7 Å². The highest BCUT2D eigenvalue weighted by atomic mass is 32.1. The van der Waals surface area contributed by atoms with Gasteiger partial charge < -0.3 is 20.4 Å². The highest BCUT2D eigenvalue weighted by molar-refractivity contribution is 7.15. The molecular weight excluding hydrogens is 573 g/mol. The van der Waals surface area contributed by atoms with Crippen molar-refractivity contribution in [3.63, 3.8) is 0 Å². The van der Waals surface area contributed by atoms with E-state index in [4.69, 9.17) is 0 Å². The number of hydrogen-bond acceptors (Lipinski definition) is 12. The zero-order chi connectivity index (χ0) is 29.6. The number of carbonyl (C=O) groups is 2. The van der Waals surface area contributed by atoms with E-state index < -0.39 is 0 Å². The van der Waals surface area contributed by atoms with E-state index >= 15 is 0 Å². The van der Waals surface area contributed by atoms with Gasteiger partial charge in [-0.2, -0.15) is 0 Å². The summed E-state index contributed by atoms with van der Waals surface area (Å²) in [5, 5.41) is 25.9. The molecule has 12 nitrogen and oxygen atoms in total. The van der Waals surface area contributed by atoms with Crippen LogP contribution in [0.3, 0.4) is 0 Å². The third-order valence-electron chi connectivity index (χ3n) is 7.10. The Bertz CT molecular complexity index is 1420. The minimum Gasteiger partial charge on any atom is -0.376 e. The molecule has 220 valence electrons. The molecule has 0 spiro atoms. The summed E-state index contributed by atoms with van der Waals surface area (Å²) in [7, 11) is 7.71. The minimum atomic E-state index is -0.176. The van der Waals surface area contributed by atoms with Crippen molar-refractivity contribution in [3.05, 3.63) is 58.1 Å². The van der Waals surface area contributed by atoms with Crippen LogP contribution in [0, 0.1) is 0 Å². The van der Waals surface area contributed by atoms with Crippen molar-refractivity contribution in [1.29, 1.82) is 0 Å². The fraction of sp³-hybridized carbons (Fsp3) is 0.429. The van der Waals surface area contributed by atoms with Gasteiger partial charge in [-0.15, -0.1) is 20.4 Å². The van der Waals surface area contributed by atoms with Crippen molar-refractivity contribution >= 4 is 56.1 Å². The molecular formula is C28H34N10O2S2. The molecule has 1 saturated carbocycles. The lowest BCUT2D eigenvalue weighted by Gasteiger charge is -2.25. The van der Waals surface area contributed by atoms with Crippen molar-refractivity contribution in [2.24, 2.45) is 0 Å². The first kappa shape index (κ1) is 29.5. The van der Waals surface area contributed by atoms with Crippen LogP contribution < -0.4 is 20.4 Å². The first-order valence-corrected chi connectivity index (χ1v) is 15.4. The van der Waals surface area contributed by atoms with Crippen LogP contribution >= 0.6 is 22.7 Å². The minimum absolute atomic E-state index is 0.156. The summed E-state index contributed by atoms with van der Waals surface area (Å²) in [5.41, 5.74) is 3.24. The second-order valence-electron chi connectivity index (χ2n) is 10.6. The van der Waals surface area contributed by atoms with Crippen molar-refractivity contribution in [2.75, 3.05) is 48.6 Å². The third kappa shape index (κ3) is 7.23. The Balaban J connectivity index is 1.16. The van der Waals surface area contributed by atoms with E-state index in [1.54, 1.807) is 12.4 Å². The van der Waals surface area contributed by atoms with Crippen LogP contribution in [0.5, 0.6) is 0 Å². The molecule has 2 N–H and O–H groups in total. The molecule has 2 amide bonds. The molecule has 1 fully saturated rings. The zero-order valence-corrected chi connectivity index (χ0v) is 25.7. The van der Waals surface area contributed by atoms with Crippen LogP contribution in [-0.4, -0.2) is 70.4 Å². The lowest BCUT2D eigenvalue weighted by molar-refractivity contribution is -0.116. The largest absolute Gasteiger partial charge is 0.376 e. The van der Waals surface area contributed by atoms with Gasteiger partial charge in [0.15, 0.2) is 0 Å². The molecule has 42 heavy (non-hydrogen) atoms. The second kappa shape index (κ2) is 13.3. The van der Waals surface area contributed by atoms with Gasteiger partial charge >= 0.3 is 0 Å². The van der Waals surface area contributed by atoms with Gasteiger partial charge in [0.25, 0.3) is 0 Å². The molecule has 4 aromatic rings. The van der Waals surface area contributed by atoms with Crippen LogP contribution in [0.1, 0.15) is 58.9 Å². The van der Waals surface area contributed by atoms with E-state index in [9.17, 15) is 9.59 Å². The number of aromatic nitrogens is 6. The number of amides is 2. The van der Waals surface area contributed by atoms with Gasteiger partial charge in [0.2, 0.25) is 22.1 Å². The molecule has 5 rings (SSSR count). The summed E-state index contributed by atoms with van der Waals surface area (Å²) < 4.78 is 0. The number of anilines is 4. The number of hydrogen-bond donors (Lipinski definition) is 2. The topological polar surface area (TPSA) is 142 Å². The Morgan fingerprint density at radius 2 is 1.21 bits per heavy atom. The second-order valence-corrected chi connectivity index (χ2v) is 12.6. The SMILES string of the molecule is CN(C)c1cccnc1CC(=O)Nc1nnc(C2CCCC(c3nnc(NC(=O)Cc4ncccc4N(C)C)s3)C2)s1. The zero-order valence-electron chi connectivity index (χ0n) is 24.1. The number of pyridine rings is 2. The van der Waals surface area contributed by atoms with Crippen LogP contribution in [-0.2, 0) is 22.4 Å². The molecule has 2 atom stereocenters. The lowest BCUT2D eigenvalue weighted by atomic mass is 9.82. The molecule has 0 radical (unpaired) electrons. The monoisotopic (exact) mass is 606 g/mol. The summed E-state index contributed by atoms with van der Waals surface area (Å²) in [4.78, 5) is 38.1. The molecule has 4 aromatic heterocycles. The quantitative estimate of drug-likeness (QED) is 0.271. The van der Waals surface area contributed by atoms with Gasteiger partial charge in [-0.25, -0.2) is 0 Å². The molecule has 4 heterocycles. The van der Waals surface area contributed by atoms with E-state index in [2.05, 4.69) is 41.0 Å². The Morgan fingerprint density at radius 3 is 1.64 bits per heavy atom. The molecule has 0 aliphatic heterocycles. The normalized spacial score (nSPS) is 16.6. The smallest absolute Gasteiger partial charge is 0.232 e. The predicted molar refractivity (Wildman–Crippen MR) is 166 cm³/mol. The Morgan fingerprint density at radius 1 is 0.762 bits per heavy atom. The standard InChI is InChI=1S/C28H34N10O2S2/c1-37(2)21-10-6-12-29-19(21)15-23(39)31-27-35-33-25(41-27)17-8-5-9-18(14-17)26-34-36-28(42-26)32-24(40)16-20-22(38(3)4)11-7-13-30-20/h6-7,10-13,17-18H,5,8-9,14-16H2,1-4H3,(H,31,35,39)(H,32,36,40). The van der Waals surface area contributed by atoms with Crippen LogP contribution in [0.2, 0.25) is 0 Å². The van der Waals surface area contributed by atoms with Gasteiger partial charge in [0.1, 0.15) is 10.0 Å². The Hall–Kier alpha value is -4.04. The number of nitrogens with zero attached hydrogens (tertiary/aromatic N) is 8. The van der Waals surface area contributed by atoms with Crippen LogP contribution in [0.4, 0.5) is 21.6 Å². The number of nitrogens with one attached hydrogen (secondary N) is 2. The third-order valence-corrected chi connectivity index (χ3v) is 9.10. The number of rotatable bonds is 10. The highest BCUT2D eigenvalue weighted by Gasteiger charge is 2.29. The maximum atomic E-state index is 12.7. The van der Waals surface area contributed by atoms with E-state index in [1.807, 2.05) is 62.3 Å². The summed E-state index contributed by atoms with van der Waals surface area (Å²) >= 11 is 2.84. The molecule has 0 saturated heterocycles. The molecule has 1 aliphatic carbocycles. The Kier molecular flexibility index (Phi) is 9.32. The van der Waals surface area contributed by atoms with Gasteiger partial charge in [0.05, 0.1) is 35.6 Å². The predicted octanol–water partition coefficient (Wildman–Crippen LogP) is 4.12. The average molecular weight is 607 g/mol. The van der Waals surface area contributed by atoms with Crippen molar-refractivity contribution in [1.82, 2.24) is 30.4 Å². The highest BCUT2D eigenvalue weighted by Crippen LogP contribution is 2.43. The van der Waals surface area contributed by atoms with E-state index in [-0.39, 0.29) is 36.5 Å². The maximum absolute atomic E-state index is 12.7. The number of carbonyl (C=O) groups excluding carboxylic acids is 2. The van der Waals surface area contributed by atoms with E-state index in [1.165, 1.54) is 22.7 Å². The average Bonchev–Trinajstić information content (AvgIpc) is 3.63. The van der Waals surface area contributed by atoms with Gasteiger partial charge in [0, 0.05) is 52.4 Å². The van der Waals surface area contributed by atoms with Gasteiger partial charge in [-0.3, -0.25) is 19.6 Å². The fourth-order valence-corrected chi connectivity index (χ4v) is 6.93. The summed E-state index contributed by atoms with van der Waals surface area (Å²) in [6.45, 7) is 0. The Labute approximate surface area is 252 Å². The van der Waals surface area contributed by atoms with Crippen molar-refractivity contribution in [3.8, 4) is 0 Å². The van der Waals surface area contributed by atoms with Gasteiger partial charge in [-0.05, 0) is 43.5 Å². The van der Waals surface area contributed by atoms with E-state index in [0.717, 1.165) is 47.1 Å². The maximum Gasteiger partial charge on any atom is 0.232 e. The summed E-state index contributed by atoms with van der Waals surface area (Å²) in [6.07, 6.45) is 7.59. The summed E-state index contributed by atoms with van der Waals surface area (Å²) in [6, 6.07) is 7.59. The summed E-state index contributed by atoms with van der Waals surface area (Å²) in [5.74, 6) is 0.0908. The molecule has 0 aromatic carbocycles. The fourth-order valence-electron chi connectivity index (χ4n) is 5.12. The molecule has 1 aliphatic rings. The molecule has 2 unspecified atom stereocenters. The first-order valence-electron chi connectivity index (χ1n) is 13.8.